The van der Waals surface area contributed by atoms with E-state index in [1.54, 1.807) is 6.20 Å². The van der Waals surface area contributed by atoms with E-state index in [-0.39, 0.29) is 11.9 Å². The average Bonchev–Trinajstić information content (AvgIpc) is 2.95. The number of hydrogen-bond acceptors (Lipinski definition) is 5. The Kier molecular flexibility index (Phi) is 5.31. The Morgan fingerprint density at radius 1 is 1.36 bits per heavy atom. The van der Waals surface area contributed by atoms with Crippen molar-refractivity contribution in [3.05, 3.63) is 35.8 Å². The number of aromatic nitrogens is 4. The topological polar surface area (TPSA) is 75.9 Å². The first kappa shape index (κ1) is 17.4. The first-order valence-corrected chi connectivity index (χ1v) is 8.87. The first-order chi connectivity index (χ1) is 12.0. The number of rotatable bonds is 5. The Morgan fingerprint density at radius 2 is 2.12 bits per heavy atom. The van der Waals surface area contributed by atoms with Crippen LogP contribution < -0.4 is 5.32 Å². The molecule has 2 aromatic rings. The number of likely N-dealkylation sites (tertiary alicyclic amines) is 1. The van der Waals surface area contributed by atoms with Gasteiger partial charge in [0.15, 0.2) is 0 Å². The van der Waals surface area contributed by atoms with Gasteiger partial charge in [0.1, 0.15) is 5.82 Å². The molecule has 7 heteroatoms. The third-order valence-corrected chi connectivity index (χ3v) is 4.70. The van der Waals surface area contributed by atoms with Crippen LogP contribution in [0.1, 0.15) is 43.6 Å². The number of hydrogen-bond donors (Lipinski definition) is 1. The molecule has 0 radical (unpaired) electrons. The van der Waals surface area contributed by atoms with Crippen molar-refractivity contribution >= 4 is 11.7 Å². The van der Waals surface area contributed by atoms with Crippen LogP contribution in [0.2, 0.25) is 0 Å². The Balaban J connectivity index is 1.49. The number of aryl methyl sites for hydroxylation is 2. The van der Waals surface area contributed by atoms with Crippen molar-refractivity contribution in [1.29, 1.82) is 0 Å². The highest BCUT2D eigenvalue weighted by Crippen LogP contribution is 2.19. The zero-order chi connectivity index (χ0) is 17.8. The molecule has 1 saturated heterocycles. The lowest BCUT2D eigenvalue weighted by atomic mass is 10.0. The van der Waals surface area contributed by atoms with Crippen molar-refractivity contribution in [2.24, 2.45) is 0 Å². The molecule has 2 aromatic heterocycles. The van der Waals surface area contributed by atoms with Crippen molar-refractivity contribution < 1.29 is 4.79 Å². The summed E-state index contributed by atoms with van der Waals surface area (Å²) in [6, 6.07) is 6.25. The van der Waals surface area contributed by atoms with Gasteiger partial charge in [-0.05, 0) is 51.8 Å². The third-order valence-electron chi connectivity index (χ3n) is 4.70. The van der Waals surface area contributed by atoms with E-state index in [0.29, 0.717) is 12.5 Å². The number of amides is 1. The Bertz CT molecular complexity index is 706. The normalized spacial score (nSPS) is 16.7. The zero-order valence-corrected chi connectivity index (χ0v) is 15.1. The van der Waals surface area contributed by atoms with Crippen LogP contribution in [0.25, 0.3) is 0 Å². The third kappa shape index (κ3) is 4.35. The van der Waals surface area contributed by atoms with Gasteiger partial charge in [0.2, 0.25) is 5.91 Å². The van der Waals surface area contributed by atoms with Gasteiger partial charge in [0.25, 0.3) is 0 Å². The second-order valence-corrected chi connectivity index (χ2v) is 6.83. The molecule has 0 aromatic carbocycles. The van der Waals surface area contributed by atoms with Gasteiger partial charge in [-0.2, -0.15) is 10.2 Å². The fraction of sp³-hybridized carbons (Fsp3) is 0.556. The standard InChI is InChI=1S/C18H26N6O/c1-13-11-14(2)24(22-13)15(3)12-18(25)23-9-6-16(7-10-23)20-17-5-4-8-19-21-17/h4-5,8,11,15-16H,6-7,9-10,12H2,1-3H3,(H,20,21)/t15-/m1/s1. The molecule has 0 unspecified atom stereocenters. The molecule has 1 atom stereocenters. The quantitative estimate of drug-likeness (QED) is 0.902. The fourth-order valence-electron chi connectivity index (χ4n) is 3.42. The summed E-state index contributed by atoms with van der Waals surface area (Å²) in [6.45, 7) is 7.62. The Morgan fingerprint density at radius 3 is 2.72 bits per heavy atom. The molecule has 1 fully saturated rings. The maximum atomic E-state index is 12.6. The first-order valence-electron chi connectivity index (χ1n) is 8.87. The minimum Gasteiger partial charge on any atom is -0.366 e. The molecule has 3 rings (SSSR count). The van der Waals surface area contributed by atoms with E-state index in [9.17, 15) is 4.79 Å². The van der Waals surface area contributed by atoms with Crippen LogP contribution in [0.5, 0.6) is 0 Å². The maximum absolute atomic E-state index is 12.6. The predicted molar refractivity (Wildman–Crippen MR) is 96.3 cm³/mol. The van der Waals surface area contributed by atoms with Crippen molar-refractivity contribution in [3.8, 4) is 0 Å². The molecule has 1 amide bonds. The van der Waals surface area contributed by atoms with Crippen LogP contribution >= 0.6 is 0 Å². The molecule has 134 valence electrons. The van der Waals surface area contributed by atoms with E-state index < -0.39 is 0 Å². The SMILES string of the molecule is Cc1cc(C)n([C@H](C)CC(=O)N2CCC(Nc3cccnn3)CC2)n1. The van der Waals surface area contributed by atoms with Gasteiger partial charge in [0, 0.05) is 37.4 Å². The van der Waals surface area contributed by atoms with Crippen molar-refractivity contribution in [2.45, 2.75) is 52.1 Å². The van der Waals surface area contributed by atoms with Gasteiger partial charge in [-0.25, -0.2) is 0 Å². The summed E-state index contributed by atoms with van der Waals surface area (Å²) in [5, 5.41) is 15.8. The van der Waals surface area contributed by atoms with E-state index in [2.05, 4.69) is 27.5 Å². The van der Waals surface area contributed by atoms with Gasteiger partial charge in [-0.15, -0.1) is 5.10 Å². The smallest absolute Gasteiger partial charge is 0.224 e. The lowest BCUT2D eigenvalue weighted by Gasteiger charge is -2.33. The summed E-state index contributed by atoms with van der Waals surface area (Å²) >= 11 is 0. The maximum Gasteiger partial charge on any atom is 0.224 e. The van der Waals surface area contributed by atoms with Crippen LogP contribution in [0.4, 0.5) is 5.82 Å². The van der Waals surface area contributed by atoms with E-state index >= 15 is 0 Å². The summed E-state index contributed by atoms with van der Waals surface area (Å²) in [4.78, 5) is 14.6. The molecule has 1 N–H and O–H groups in total. The second-order valence-electron chi connectivity index (χ2n) is 6.83. The number of carbonyl (C=O) groups is 1. The van der Waals surface area contributed by atoms with Gasteiger partial charge < -0.3 is 10.2 Å². The second kappa shape index (κ2) is 7.63. The summed E-state index contributed by atoms with van der Waals surface area (Å²) < 4.78 is 1.95. The van der Waals surface area contributed by atoms with Gasteiger partial charge >= 0.3 is 0 Å². The molecule has 3 heterocycles. The Labute approximate surface area is 148 Å². The summed E-state index contributed by atoms with van der Waals surface area (Å²) in [6.07, 6.45) is 4.01. The fourth-order valence-corrected chi connectivity index (χ4v) is 3.42. The van der Waals surface area contributed by atoms with Gasteiger partial charge in [0.05, 0.1) is 11.7 Å². The molecular formula is C18H26N6O. The summed E-state index contributed by atoms with van der Waals surface area (Å²) in [7, 11) is 0. The average molecular weight is 342 g/mol. The minimum absolute atomic E-state index is 0.0802. The zero-order valence-electron chi connectivity index (χ0n) is 15.1. The number of nitrogens with one attached hydrogen (secondary N) is 1. The van der Waals surface area contributed by atoms with Crippen LogP contribution in [0.15, 0.2) is 24.4 Å². The number of carbonyl (C=O) groups excluding carboxylic acids is 1. The van der Waals surface area contributed by atoms with Crippen molar-refractivity contribution in [2.75, 3.05) is 18.4 Å². The minimum atomic E-state index is 0.0802. The van der Waals surface area contributed by atoms with Crippen molar-refractivity contribution in [3.63, 3.8) is 0 Å². The summed E-state index contributed by atoms with van der Waals surface area (Å²) in [5.41, 5.74) is 2.09. The van der Waals surface area contributed by atoms with Gasteiger partial charge in [-0.1, -0.05) is 0 Å². The number of anilines is 1. The molecule has 0 bridgehead atoms. The molecule has 0 saturated carbocycles. The van der Waals surface area contributed by atoms with E-state index in [1.807, 2.05) is 41.6 Å². The highest BCUT2D eigenvalue weighted by molar-refractivity contribution is 5.76. The molecular weight excluding hydrogens is 316 g/mol. The lowest BCUT2D eigenvalue weighted by Crippen LogP contribution is -2.43. The molecule has 7 nitrogen and oxygen atoms in total. The van der Waals surface area contributed by atoms with Crippen LogP contribution in [-0.4, -0.2) is 49.9 Å². The monoisotopic (exact) mass is 342 g/mol. The Hall–Kier alpha value is -2.44. The van der Waals surface area contributed by atoms with Crippen LogP contribution in [0, 0.1) is 13.8 Å². The predicted octanol–water partition coefficient (Wildman–Crippen LogP) is 2.34. The molecule has 1 aliphatic rings. The number of piperidine rings is 1. The van der Waals surface area contributed by atoms with E-state index in [0.717, 1.165) is 43.1 Å². The molecule has 0 aliphatic carbocycles. The van der Waals surface area contributed by atoms with Crippen LogP contribution in [-0.2, 0) is 4.79 Å². The highest BCUT2D eigenvalue weighted by atomic mass is 16.2. The van der Waals surface area contributed by atoms with Gasteiger partial charge in [-0.3, -0.25) is 9.48 Å². The highest BCUT2D eigenvalue weighted by Gasteiger charge is 2.24. The molecule has 25 heavy (non-hydrogen) atoms. The van der Waals surface area contributed by atoms with Crippen molar-refractivity contribution in [1.82, 2.24) is 24.9 Å². The lowest BCUT2D eigenvalue weighted by molar-refractivity contribution is -0.132. The van der Waals surface area contributed by atoms with Crippen LogP contribution in [0.3, 0.4) is 0 Å². The molecule has 1 aliphatic heterocycles. The summed E-state index contributed by atoms with van der Waals surface area (Å²) in [5.74, 6) is 1.00. The number of nitrogens with zero attached hydrogens (tertiary/aromatic N) is 5. The molecule has 0 spiro atoms. The van der Waals surface area contributed by atoms with E-state index in [1.165, 1.54) is 0 Å². The van der Waals surface area contributed by atoms with E-state index in [4.69, 9.17) is 0 Å². The largest absolute Gasteiger partial charge is 0.366 e.